The van der Waals surface area contributed by atoms with Gasteiger partial charge in [-0.2, -0.15) is 0 Å². The van der Waals surface area contributed by atoms with Gasteiger partial charge < -0.3 is 15.3 Å². The van der Waals surface area contributed by atoms with Crippen LogP contribution in [0.25, 0.3) is 0 Å². The van der Waals surface area contributed by atoms with Crippen LogP contribution in [-0.4, -0.2) is 47.2 Å². The molecule has 2 N–H and O–H groups in total. The smallest absolute Gasteiger partial charge is 0.225 e. The van der Waals surface area contributed by atoms with Gasteiger partial charge in [-0.15, -0.1) is 0 Å². The van der Waals surface area contributed by atoms with Crippen molar-refractivity contribution in [2.45, 2.75) is 19.3 Å². The maximum atomic E-state index is 11.9. The Morgan fingerprint density at radius 2 is 2.05 bits per heavy atom. The van der Waals surface area contributed by atoms with Gasteiger partial charge in [0.1, 0.15) is 0 Å². The summed E-state index contributed by atoms with van der Waals surface area (Å²) in [6.07, 6.45) is 5.72. The third-order valence-corrected chi connectivity index (χ3v) is 3.33. The molecule has 0 spiro atoms. The molecule has 1 aromatic heterocycles. The molecule has 2 heterocycles. The van der Waals surface area contributed by atoms with Crippen molar-refractivity contribution in [2.75, 3.05) is 31.1 Å². The first-order valence-corrected chi connectivity index (χ1v) is 6.72. The summed E-state index contributed by atoms with van der Waals surface area (Å²) in [4.78, 5) is 22.4. The average molecular weight is 264 g/mol. The Bertz CT molecular complexity index is 391. The first kappa shape index (κ1) is 13.7. The van der Waals surface area contributed by atoms with Crippen LogP contribution in [0.2, 0.25) is 0 Å². The average Bonchev–Trinajstić information content (AvgIpc) is 2.48. The Morgan fingerprint density at radius 3 is 2.68 bits per heavy atom. The number of piperidine rings is 1. The Kier molecular flexibility index (Phi) is 5.09. The highest BCUT2D eigenvalue weighted by Gasteiger charge is 2.25. The van der Waals surface area contributed by atoms with Crippen molar-refractivity contribution < 1.29 is 9.90 Å². The second-order valence-corrected chi connectivity index (χ2v) is 4.68. The molecule has 1 aromatic rings. The number of carbonyl (C=O) groups is 1. The number of carbonyl (C=O) groups excluding carboxylic acids is 1. The number of aromatic nitrogens is 2. The van der Waals surface area contributed by atoms with E-state index in [0.29, 0.717) is 13.0 Å². The molecular weight excluding hydrogens is 244 g/mol. The minimum absolute atomic E-state index is 0.0682. The van der Waals surface area contributed by atoms with Crippen LogP contribution < -0.4 is 10.2 Å². The number of amides is 1. The molecule has 2 rings (SSSR count). The van der Waals surface area contributed by atoms with E-state index in [-0.39, 0.29) is 18.4 Å². The van der Waals surface area contributed by atoms with Gasteiger partial charge in [-0.1, -0.05) is 0 Å². The molecule has 0 aromatic carbocycles. The molecule has 104 valence electrons. The molecule has 0 saturated carbocycles. The van der Waals surface area contributed by atoms with E-state index >= 15 is 0 Å². The third-order valence-electron chi connectivity index (χ3n) is 3.33. The Morgan fingerprint density at radius 1 is 1.37 bits per heavy atom. The fraction of sp³-hybridized carbons (Fsp3) is 0.615. The summed E-state index contributed by atoms with van der Waals surface area (Å²) >= 11 is 0. The largest absolute Gasteiger partial charge is 0.396 e. The highest BCUT2D eigenvalue weighted by atomic mass is 16.3. The second kappa shape index (κ2) is 7.04. The Hall–Kier alpha value is -1.69. The minimum atomic E-state index is 0.0682. The fourth-order valence-electron chi connectivity index (χ4n) is 2.23. The summed E-state index contributed by atoms with van der Waals surface area (Å²) in [5, 5.41) is 11.5. The lowest BCUT2D eigenvalue weighted by Crippen LogP contribution is -2.41. The summed E-state index contributed by atoms with van der Waals surface area (Å²) in [6.45, 7) is 2.28. The predicted octanol–water partition coefficient (Wildman–Crippen LogP) is 0.192. The third kappa shape index (κ3) is 3.89. The van der Waals surface area contributed by atoms with Gasteiger partial charge in [0, 0.05) is 44.6 Å². The standard InChI is InChI=1S/C13H20N4O2/c18-10-2-7-14-12(19)11-3-8-17(9-4-11)13-15-5-1-6-16-13/h1,5-6,11,18H,2-4,7-10H2,(H,14,19). The van der Waals surface area contributed by atoms with Gasteiger partial charge in [-0.3, -0.25) is 4.79 Å². The first-order chi connectivity index (χ1) is 9.31. The fourth-order valence-corrected chi connectivity index (χ4v) is 2.23. The quantitative estimate of drug-likeness (QED) is 0.742. The number of hydrogen-bond acceptors (Lipinski definition) is 5. The number of hydrogen-bond donors (Lipinski definition) is 2. The van der Waals surface area contributed by atoms with Crippen molar-refractivity contribution in [1.29, 1.82) is 0 Å². The van der Waals surface area contributed by atoms with E-state index in [2.05, 4.69) is 20.2 Å². The van der Waals surface area contributed by atoms with E-state index in [1.807, 2.05) is 0 Å². The molecule has 1 fully saturated rings. The first-order valence-electron chi connectivity index (χ1n) is 6.72. The lowest BCUT2D eigenvalue weighted by atomic mass is 9.96. The summed E-state index contributed by atoms with van der Waals surface area (Å²) in [5.41, 5.74) is 0. The number of aliphatic hydroxyl groups excluding tert-OH is 1. The van der Waals surface area contributed by atoms with Crippen molar-refractivity contribution in [3.05, 3.63) is 18.5 Å². The Labute approximate surface area is 112 Å². The maximum absolute atomic E-state index is 11.9. The predicted molar refractivity (Wildman–Crippen MR) is 71.7 cm³/mol. The van der Waals surface area contributed by atoms with Gasteiger partial charge in [0.15, 0.2) is 0 Å². The molecule has 1 saturated heterocycles. The normalized spacial score (nSPS) is 16.4. The van der Waals surface area contributed by atoms with Crippen LogP contribution in [0.3, 0.4) is 0 Å². The maximum Gasteiger partial charge on any atom is 0.225 e. The zero-order valence-electron chi connectivity index (χ0n) is 11.0. The van der Waals surface area contributed by atoms with E-state index in [0.717, 1.165) is 31.9 Å². The number of anilines is 1. The van der Waals surface area contributed by atoms with Crippen molar-refractivity contribution >= 4 is 11.9 Å². The molecule has 0 aliphatic carbocycles. The van der Waals surface area contributed by atoms with E-state index in [4.69, 9.17) is 5.11 Å². The van der Waals surface area contributed by atoms with Gasteiger partial charge in [-0.05, 0) is 25.3 Å². The van der Waals surface area contributed by atoms with E-state index in [1.165, 1.54) is 0 Å². The van der Waals surface area contributed by atoms with Gasteiger partial charge in [0.2, 0.25) is 11.9 Å². The zero-order chi connectivity index (χ0) is 13.5. The van der Waals surface area contributed by atoms with Crippen LogP contribution in [0.1, 0.15) is 19.3 Å². The molecule has 0 atom stereocenters. The summed E-state index contributed by atoms with van der Waals surface area (Å²) in [5.74, 6) is 0.905. The molecule has 19 heavy (non-hydrogen) atoms. The molecule has 6 nitrogen and oxygen atoms in total. The molecule has 1 aliphatic heterocycles. The summed E-state index contributed by atoms with van der Waals surface area (Å²) < 4.78 is 0. The van der Waals surface area contributed by atoms with Gasteiger partial charge in [0.05, 0.1) is 0 Å². The monoisotopic (exact) mass is 264 g/mol. The lowest BCUT2D eigenvalue weighted by molar-refractivity contribution is -0.125. The summed E-state index contributed by atoms with van der Waals surface area (Å²) in [6, 6.07) is 1.80. The lowest BCUT2D eigenvalue weighted by Gasteiger charge is -2.31. The van der Waals surface area contributed by atoms with Crippen LogP contribution in [0.5, 0.6) is 0 Å². The SMILES string of the molecule is O=C(NCCCO)C1CCN(c2ncccn2)CC1. The van der Waals surface area contributed by atoms with Crippen LogP contribution in [-0.2, 0) is 4.79 Å². The second-order valence-electron chi connectivity index (χ2n) is 4.68. The highest BCUT2D eigenvalue weighted by Crippen LogP contribution is 2.20. The van der Waals surface area contributed by atoms with Crippen molar-refractivity contribution in [2.24, 2.45) is 5.92 Å². The van der Waals surface area contributed by atoms with E-state index in [9.17, 15) is 4.79 Å². The van der Waals surface area contributed by atoms with E-state index < -0.39 is 0 Å². The molecule has 0 radical (unpaired) electrons. The topological polar surface area (TPSA) is 78.4 Å². The van der Waals surface area contributed by atoms with Crippen molar-refractivity contribution in [3.63, 3.8) is 0 Å². The van der Waals surface area contributed by atoms with Crippen LogP contribution >= 0.6 is 0 Å². The molecule has 6 heteroatoms. The van der Waals surface area contributed by atoms with E-state index in [1.54, 1.807) is 18.5 Å². The van der Waals surface area contributed by atoms with Crippen LogP contribution in [0, 0.1) is 5.92 Å². The number of rotatable bonds is 5. The van der Waals surface area contributed by atoms with Gasteiger partial charge in [0.25, 0.3) is 0 Å². The minimum Gasteiger partial charge on any atom is -0.396 e. The molecule has 1 amide bonds. The molecular formula is C13H20N4O2. The number of nitrogens with zero attached hydrogens (tertiary/aromatic N) is 3. The molecule has 1 aliphatic rings. The van der Waals surface area contributed by atoms with Crippen LogP contribution in [0.4, 0.5) is 5.95 Å². The molecule has 0 unspecified atom stereocenters. The van der Waals surface area contributed by atoms with Crippen molar-refractivity contribution in [3.8, 4) is 0 Å². The van der Waals surface area contributed by atoms with Crippen molar-refractivity contribution in [1.82, 2.24) is 15.3 Å². The van der Waals surface area contributed by atoms with Crippen LogP contribution in [0.15, 0.2) is 18.5 Å². The highest BCUT2D eigenvalue weighted by molar-refractivity contribution is 5.78. The van der Waals surface area contributed by atoms with Gasteiger partial charge in [-0.25, -0.2) is 9.97 Å². The summed E-state index contributed by atoms with van der Waals surface area (Å²) in [7, 11) is 0. The van der Waals surface area contributed by atoms with Gasteiger partial charge >= 0.3 is 0 Å². The zero-order valence-corrected chi connectivity index (χ0v) is 11.0. The molecule has 0 bridgehead atoms. The Balaban J connectivity index is 1.77. The number of nitrogens with one attached hydrogen (secondary N) is 1. The number of aliphatic hydroxyl groups is 1.